The third kappa shape index (κ3) is 8.79. The molecule has 0 unspecified atom stereocenters. The number of likely N-dealkylation sites (N-methyl/N-ethyl adjacent to an activating group) is 1. The second-order valence-electron chi connectivity index (χ2n) is 6.67. The maximum atomic E-state index is 12.7. The van der Waals surface area contributed by atoms with Crippen LogP contribution < -0.4 is 16.0 Å². The average Bonchev–Trinajstić information content (AvgIpc) is 2.71. The number of hydrogen-bond donors (Lipinski definition) is 3. The predicted octanol–water partition coefficient (Wildman–Crippen LogP) is 2.05. The summed E-state index contributed by atoms with van der Waals surface area (Å²) in [6.45, 7) is 2.29. The normalized spacial score (nSPS) is 15.4. The number of carbonyl (C=O) groups excluding carboxylic acids is 1. The Morgan fingerprint density at radius 3 is 2.60 bits per heavy atom. The molecule has 166 valence electrons. The van der Waals surface area contributed by atoms with Gasteiger partial charge in [0.15, 0.2) is 5.96 Å². The van der Waals surface area contributed by atoms with Crippen molar-refractivity contribution in [1.82, 2.24) is 20.9 Å². The predicted molar refractivity (Wildman–Crippen MR) is 122 cm³/mol. The summed E-state index contributed by atoms with van der Waals surface area (Å²) in [6.07, 6.45) is -2.61. The number of aliphatic imine (C=N–C) groups is 1. The van der Waals surface area contributed by atoms with Gasteiger partial charge in [0.25, 0.3) is 0 Å². The van der Waals surface area contributed by atoms with Gasteiger partial charge in [-0.25, -0.2) is 0 Å². The van der Waals surface area contributed by atoms with E-state index in [-0.39, 0.29) is 42.5 Å². The number of amides is 1. The van der Waals surface area contributed by atoms with Crippen LogP contribution in [0.25, 0.3) is 0 Å². The number of piperidine rings is 1. The van der Waals surface area contributed by atoms with Gasteiger partial charge in [-0.05, 0) is 31.0 Å². The van der Waals surface area contributed by atoms with Crippen molar-refractivity contribution in [3.63, 3.8) is 0 Å². The summed E-state index contributed by atoms with van der Waals surface area (Å²) in [5, 5.41) is 8.99. The summed E-state index contributed by atoms with van der Waals surface area (Å²) in [6, 6.07) is 5.18. The van der Waals surface area contributed by atoms with Crippen LogP contribution in [-0.4, -0.2) is 63.1 Å². The quantitative estimate of drug-likeness (QED) is 0.238. The fourth-order valence-corrected chi connectivity index (χ4v) is 2.95. The second-order valence-corrected chi connectivity index (χ2v) is 6.67. The van der Waals surface area contributed by atoms with Crippen molar-refractivity contribution in [3.05, 3.63) is 35.4 Å². The summed E-state index contributed by atoms with van der Waals surface area (Å²) < 4.78 is 38.2. The molecule has 0 saturated carbocycles. The monoisotopic (exact) mass is 537 g/mol. The molecule has 30 heavy (non-hydrogen) atoms. The Labute approximate surface area is 192 Å². The molecule has 1 saturated heterocycles. The molecule has 1 amide bonds. The van der Waals surface area contributed by atoms with Crippen LogP contribution in [0.3, 0.4) is 0 Å². The molecule has 1 heterocycles. The van der Waals surface area contributed by atoms with E-state index >= 15 is 0 Å². The molecule has 1 aliphatic rings. The number of benzene rings is 1. The summed E-state index contributed by atoms with van der Waals surface area (Å²) in [4.78, 5) is 17.7. The van der Waals surface area contributed by atoms with E-state index in [2.05, 4.69) is 37.7 Å². The fraction of sp³-hybridized carbons (Fsp3) is 0.500. The van der Waals surface area contributed by atoms with E-state index in [1.807, 2.05) is 0 Å². The van der Waals surface area contributed by atoms with Crippen LogP contribution in [0.5, 0.6) is 0 Å². The molecule has 10 heteroatoms. The molecule has 1 aliphatic heterocycles. The van der Waals surface area contributed by atoms with Crippen molar-refractivity contribution < 1.29 is 18.0 Å². The highest BCUT2D eigenvalue weighted by atomic mass is 127. The zero-order chi connectivity index (χ0) is 21.3. The van der Waals surface area contributed by atoms with Crippen LogP contribution in [0.4, 0.5) is 13.2 Å². The zero-order valence-electron chi connectivity index (χ0n) is 17.0. The molecule has 0 radical (unpaired) electrons. The maximum Gasteiger partial charge on any atom is 0.416 e. The highest BCUT2D eigenvalue weighted by Gasteiger charge is 2.30. The fourth-order valence-electron chi connectivity index (χ4n) is 2.95. The van der Waals surface area contributed by atoms with Gasteiger partial charge in [0.2, 0.25) is 5.91 Å². The molecule has 3 N–H and O–H groups in total. The number of nitrogens with one attached hydrogen (secondary N) is 3. The Bertz CT molecular complexity index is 781. The van der Waals surface area contributed by atoms with E-state index in [0.29, 0.717) is 18.1 Å². The number of rotatable bonds is 4. The molecule has 0 bridgehead atoms. The molecule has 1 aromatic rings. The van der Waals surface area contributed by atoms with E-state index in [9.17, 15) is 18.0 Å². The molecule has 0 atom stereocenters. The van der Waals surface area contributed by atoms with Crippen LogP contribution in [0, 0.1) is 11.8 Å². The zero-order valence-corrected chi connectivity index (χ0v) is 19.3. The lowest BCUT2D eigenvalue weighted by Crippen LogP contribution is -2.50. The topological polar surface area (TPSA) is 68.8 Å². The number of carbonyl (C=O) groups is 1. The smallest absolute Gasteiger partial charge is 0.358 e. The summed E-state index contributed by atoms with van der Waals surface area (Å²) in [5.41, 5.74) is -0.398. The van der Waals surface area contributed by atoms with Crippen LogP contribution in [-0.2, 0) is 11.0 Å². The van der Waals surface area contributed by atoms with Gasteiger partial charge in [0, 0.05) is 38.8 Å². The maximum absolute atomic E-state index is 12.7. The molecule has 6 nitrogen and oxygen atoms in total. The summed E-state index contributed by atoms with van der Waals surface area (Å²) in [7, 11) is 3.28. The highest BCUT2D eigenvalue weighted by molar-refractivity contribution is 14.0. The van der Waals surface area contributed by atoms with Gasteiger partial charge >= 0.3 is 6.18 Å². The first kappa shape index (κ1) is 26.0. The second kappa shape index (κ2) is 12.6. The Hall–Kier alpha value is -2.00. The number of hydrogen-bond acceptors (Lipinski definition) is 3. The van der Waals surface area contributed by atoms with Crippen molar-refractivity contribution in [2.45, 2.75) is 25.1 Å². The van der Waals surface area contributed by atoms with Crippen LogP contribution >= 0.6 is 24.0 Å². The van der Waals surface area contributed by atoms with Crippen molar-refractivity contribution >= 4 is 35.8 Å². The molecule has 1 aromatic carbocycles. The van der Waals surface area contributed by atoms with Crippen molar-refractivity contribution in [2.75, 3.05) is 40.3 Å². The summed E-state index contributed by atoms with van der Waals surface area (Å²) in [5.74, 6) is 6.14. The molecule has 0 spiro atoms. The Morgan fingerprint density at radius 1 is 1.30 bits per heavy atom. The van der Waals surface area contributed by atoms with Gasteiger partial charge in [0.1, 0.15) is 0 Å². The first-order valence-electron chi connectivity index (χ1n) is 9.38. The third-order valence-corrected chi connectivity index (χ3v) is 4.56. The van der Waals surface area contributed by atoms with Gasteiger partial charge in [-0.1, -0.05) is 17.9 Å². The molecule has 0 aromatic heterocycles. The lowest BCUT2D eigenvalue weighted by Gasteiger charge is -2.32. The Balaban J connectivity index is 0.00000450. The number of halogens is 4. The van der Waals surface area contributed by atoms with Crippen LogP contribution in [0.15, 0.2) is 29.3 Å². The molecule has 1 fully saturated rings. The van der Waals surface area contributed by atoms with E-state index in [0.717, 1.165) is 38.1 Å². The molecule has 2 rings (SSSR count). The SMILES string of the molecule is CN=C(NCC#Cc1cccc(C(F)(F)F)c1)NC1CCN(CC(=O)NC)CC1.I. The molecular weight excluding hydrogens is 510 g/mol. The number of guanidine groups is 1. The minimum atomic E-state index is -4.38. The molecular formula is C20H27F3IN5O. The first-order valence-corrected chi connectivity index (χ1v) is 9.38. The first-order chi connectivity index (χ1) is 13.8. The highest BCUT2D eigenvalue weighted by Crippen LogP contribution is 2.29. The lowest BCUT2D eigenvalue weighted by atomic mass is 10.1. The Kier molecular flexibility index (Phi) is 11.0. The van der Waals surface area contributed by atoms with Gasteiger partial charge < -0.3 is 16.0 Å². The van der Waals surface area contributed by atoms with Crippen molar-refractivity contribution in [1.29, 1.82) is 0 Å². The number of nitrogens with zero attached hydrogens (tertiary/aromatic N) is 2. The van der Waals surface area contributed by atoms with E-state index < -0.39 is 11.7 Å². The van der Waals surface area contributed by atoms with Crippen molar-refractivity contribution in [3.8, 4) is 11.8 Å². The summed E-state index contributed by atoms with van der Waals surface area (Å²) >= 11 is 0. The van der Waals surface area contributed by atoms with Gasteiger partial charge in [-0.3, -0.25) is 14.7 Å². The largest absolute Gasteiger partial charge is 0.416 e. The molecule has 0 aliphatic carbocycles. The Morgan fingerprint density at radius 2 is 2.00 bits per heavy atom. The van der Waals surface area contributed by atoms with Crippen LogP contribution in [0.2, 0.25) is 0 Å². The van der Waals surface area contributed by atoms with Gasteiger partial charge in [-0.15, -0.1) is 24.0 Å². The third-order valence-electron chi connectivity index (χ3n) is 4.56. The minimum absolute atomic E-state index is 0. The van der Waals surface area contributed by atoms with E-state index in [4.69, 9.17) is 0 Å². The van der Waals surface area contributed by atoms with E-state index in [1.165, 1.54) is 6.07 Å². The number of alkyl halides is 3. The number of likely N-dealkylation sites (tertiary alicyclic amines) is 1. The van der Waals surface area contributed by atoms with Gasteiger partial charge in [0.05, 0.1) is 18.7 Å². The lowest BCUT2D eigenvalue weighted by molar-refractivity contribution is -0.137. The van der Waals surface area contributed by atoms with Gasteiger partial charge in [-0.2, -0.15) is 13.2 Å². The average molecular weight is 537 g/mol. The van der Waals surface area contributed by atoms with Crippen LogP contribution in [0.1, 0.15) is 24.0 Å². The minimum Gasteiger partial charge on any atom is -0.358 e. The standard InChI is InChI=1S/C20H26F3N5O.HI/c1-24-18(29)14-28-11-8-17(9-12-28)27-19(25-2)26-10-4-6-15-5-3-7-16(13-15)20(21,22)23;/h3,5,7,13,17H,8-12,14H2,1-2H3,(H,24,29)(H2,25,26,27);1H. The van der Waals surface area contributed by atoms with Crippen molar-refractivity contribution in [2.24, 2.45) is 4.99 Å². The van der Waals surface area contributed by atoms with E-state index in [1.54, 1.807) is 20.2 Å².